The molecule has 1 aromatic heterocycles. The normalized spacial score (nSPS) is 12.9. The summed E-state index contributed by atoms with van der Waals surface area (Å²) in [5.41, 5.74) is 17.0. The molecule has 5 heteroatoms. The van der Waals surface area contributed by atoms with Crippen molar-refractivity contribution in [2.24, 2.45) is 0 Å². The summed E-state index contributed by atoms with van der Waals surface area (Å²) in [5.74, 6) is 0. The van der Waals surface area contributed by atoms with E-state index < -0.39 is 0 Å². The van der Waals surface area contributed by atoms with Gasteiger partial charge in [0, 0.05) is 62.0 Å². The van der Waals surface area contributed by atoms with Crippen molar-refractivity contribution in [2.75, 3.05) is 14.7 Å². The average Bonchev–Trinajstić information content (AvgIpc) is 3.62. The third kappa shape index (κ3) is 5.39. The van der Waals surface area contributed by atoms with Gasteiger partial charge in [-0.1, -0.05) is 134 Å². The summed E-state index contributed by atoms with van der Waals surface area (Å²) < 4.78 is 2.42. The van der Waals surface area contributed by atoms with Gasteiger partial charge in [0.1, 0.15) is 0 Å². The Hall–Kier alpha value is -7.76. The van der Waals surface area contributed by atoms with Crippen LogP contribution in [-0.2, 0) is 0 Å². The van der Waals surface area contributed by atoms with Gasteiger partial charge in [0.25, 0.3) is 6.71 Å². The van der Waals surface area contributed by atoms with E-state index in [2.05, 4.69) is 233 Å². The molecule has 2 aliphatic rings. The molecular weight excluding hydrogens is 715 g/mol. The first kappa shape index (κ1) is 34.5. The lowest BCUT2D eigenvalue weighted by Crippen LogP contribution is -2.61. The van der Waals surface area contributed by atoms with E-state index in [-0.39, 0.29) is 6.71 Å². The molecule has 0 N–H and O–H groups in total. The highest BCUT2D eigenvalue weighted by atomic mass is 15.2. The van der Waals surface area contributed by atoms with Gasteiger partial charge in [-0.25, -0.2) is 0 Å². The zero-order valence-corrected chi connectivity index (χ0v) is 32.5. The van der Waals surface area contributed by atoms with Crippen molar-refractivity contribution in [3.05, 3.63) is 231 Å². The molecule has 0 unspecified atom stereocenters. The molecule has 0 saturated heterocycles. The molecule has 0 bridgehead atoms. The van der Waals surface area contributed by atoms with Crippen LogP contribution < -0.4 is 31.1 Å². The second-order valence-electron chi connectivity index (χ2n) is 15.1. The van der Waals surface area contributed by atoms with Crippen LogP contribution in [-0.4, -0.2) is 11.3 Å². The molecule has 3 heterocycles. The number of hydrogen-bond donors (Lipinski definition) is 0. The van der Waals surface area contributed by atoms with Gasteiger partial charge in [-0.15, -0.1) is 0 Å². The van der Waals surface area contributed by atoms with Crippen molar-refractivity contribution in [2.45, 2.75) is 0 Å². The van der Waals surface area contributed by atoms with Crippen LogP contribution in [0.5, 0.6) is 0 Å². The molecule has 4 nitrogen and oxygen atoms in total. The Morgan fingerprint density at radius 2 is 1.07 bits per heavy atom. The highest BCUT2D eigenvalue weighted by Gasteiger charge is 2.44. The average molecular weight is 755 g/mol. The molecule has 0 amide bonds. The van der Waals surface area contributed by atoms with Crippen molar-refractivity contribution in [1.82, 2.24) is 4.57 Å². The van der Waals surface area contributed by atoms with Crippen molar-refractivity contribution in [3.8, 4) is 5.69 Å². The predicted octanol–water partition coefficient (Wildman–Crippen LogP) is 12.3. The van der Waals surface area contributed by atoms with E-state index in [4.69, 9.17) is 0 Å². The van der Waals surface area contributed by atoms with Crippen LogP contribution in [0.15, 0.2) is 231 Å². The summed E-state index contributed by atoms with van der Waals surface area (Å²) in [7, 11) is 0. The van der Waals surface area contributed by atoms with Crippen molar-refractivity contribution >= 4 is 90.4 Å². The maximum Gasteiger partial charge on any atom is 0.252 e. The SMILES string of the molecule is C=C/C=C(\C=C)N1c2ccccc2B2c3cc4c5ccccc5n(-c5ccccc5)c4cc3N(c3ccccc3)c3cc(N(c4ccccc4)c4ccccc4)cc1c32. The number of para-hydroxylation sites is 6. The first-order valence-corrected chi connectivity index (χ1v) is 20.1. The molecule has 2 aliphatic heterocycles. The quantitative estimate of drug-likeness (QED) is 0.113. The second kappa shape index (κ2) is 14.0. The number of rotatable bonds is 8. The first-order chi connectivity index (χ1) is 29.2. The fourth-order valence-corrected chi connectivity index (χ4v) is 9.47. The Labute approximate surface area is 345 Å². The highest BCUT2D eigenvalue weighted by Crippen LogP contribution is 2.48. The molecule has 0 saturated carbocycles. The molecule has 11 rings (SSSR count). The number of aromatic nitrogens is 1. The minimum Gasteiger partial charge on any atom is -0.311 e. The van der Waals surface area contributed by atoms with Gasteiger partial charge >= 0.3 is 0 Å². The molecule has 0 aliphatic carbocycles. The summed E-state index contributed by atoms with van der Waals surface area (Å²) in [5, 5.41) is 2.46. The van der Waals surface area contributed by atoms with Gasteiger partial charge in [0.15, 0.2) is 0 Å². The molecule has 278 valence electrons. The Kier molecular flexibility index (Phi) is 8.19. The van der Waals surface area contributed by atoms with E-state index in [1.165, 1.54) is 38.2 Å². The summed E-state index contributed by atoms with van der Waals surface area (Å²) in [6.45, 7) is 8.41. The molecule has 0 atom stereocenters. The zero-order chi connectivity index (χ0) is 39.5. The third-order valence-corrected chi connectivity index (χ3v) is 11.8. The molecule has 8 aromatic carbocycles. The van der Waals surface area contributed by atoms with E-state index in [1.54, 1.807) is 0 Å². The maximum absolute atomic E-state index is 4.34. The smallest absolute Gasteiger partial charge is 0.252 e. The standard InChI is InChI=1S/C54H39BN4/c1-3-21-38(4-2)57-49-33-20-18-31-46(49)55-47-36-45-44-30-17-19-32-48(44)58(41-26-13-7-14-27-41)50(45)37-51(47)59(42-28-15-8-16-29-42)53-35-43(34-52(57)54(53)55)56(39-22-9-5-10-23-39)40-24-11-6-12-25-40/h3-37H,1-2H2/b38-21+. The Bertz CT molecular complexity index is 3060. The largest absolute Gasteiger partial charge is 0.311 e. The zero-order valence-electron chi connectivity index (χ0n) is 32.5. The number of nitrogens with zero attached hydrogens (tertiary/aromatic N) is 4. The lowest BCUT2D eigenvalue weighted by molar-refractivity contribution is 1.17. The van der Waals surface area contributed by atoms with Gasteiger partial charge in [-0.2, -0.15) is 0 Å². The molecule has 0 radical (unpaired) electrons. The van der Waals surface area contributed by atoms with Gasteiger partial charge in [-0.05, 0) is 107 Å². The molecule has 0 spiro atoms. The number of anilines is 8. The van der Waals surface area contributed by atoms with Crippen LogP contribution in [0.2, 0.25) is 0 Å². The topological polar surface area (TPSA) is 14.7 Å². The molecule has 0 fully saturated rings. The third-order valence-electron chi connectivity index (χ3n) is 11.8. The minimum atomic E-state index is -0.0589. The molecule has 9 aromatic rings. The Balaban J connectivity index is 1.30. The van der Waals surface area contributed by atoms with Gasteiger partial charge in [-0.3, -0.25) is 0 Å². The fraction of sp³-hybridized carbons (Fsp3) is 0. The van der Waals surface area contributed by atoms with E-state index in [1.807, 2.05) is 12.2 Å². The summed E-state index contributed by atoms with van der Waals surface area (Å²) in [4.78, 5) is 7.24. The Morgan fingerprint density at radius 3 is 1.75 bits per heavy atom. The van der Waals surface area contributed by atoms with Gasteiger partial charge in [0.05, 0.1) is 16.7 Å². The Morgan fingerprint density at radius 1 is 0.475 bits per heavy atom. The fourth-order valence-electron chi connectivity index (χ4n) is 9.47. The lowest BCUT2D eigenvalue weighted by atomic mass is 9.33. The number of fused-ring (bicyclic) bond motifs is 7. The van der Waals surface area contributed by atoms with Gasteiger partial charge in [0.2, 0.25) is 0 Å². The summed E-state index contributed by atoms with van der Waals surface area (Å²) >= 11 is 0. The van der Waals surface area contributed by atoms with Crippen LogP contribution >= 0.6 is 0 Å². The maximum atomic E-state index is 4.34. The summed E-state index contributed by atoms with van der Waals surface area (Å²) in [6, 6.07) is 70.3. The van der Waals surface area contributed by atoms with E-state index in [9.17, 15) is 0 Å². The van der Waals surface area contributed by atoms with Crippen LogP contribution in [0.4, 0.5) is 45.5 Å². The summed E-state index contributed by atoms with van der Waals surface area (Å²) in [6.07, 6.45) is 5.86. The van der Waals surface area contributed by atoms with Crippen LogP contribution in [0.1, 0.15) is 0 Å². The second-order valence-corrected chi connectivity index (χ2v) is 15.1. The van der Waals surface area contributed by atoms with Crippen molar-refractivity contribution in [3.63, 3.8) is 0 Å². The minimum absolute atomic E-state index is 0.0589. The van der Waals surface area contributed by atoms with Crippen LogP contribution in [0.3, 0.4) is 0 Å². The number of benzene rings is 8. The van der Waals surface area contributed by atoms with E-state index >= 15 is 0 Å². The lowest BCUT2D eigenvalue weighted by Gasteiger charge is -2.45. The predicted molar refractivity (Wildman–Crippen MR) is 252 cm³/mol. The number of allylic oxidation sites excluding steroid dienone is 3. The number of hydrogen-bond acceptors (Lipinski definition) is 3. The van der Waals surface area contributed by atoms with Crippen LogP contribution in [0, 0.1) is 0 Å². The van der Waals surface area contributed by atoms with Gasteiger partial charge < -0.3 is 19.3 Å². The molecule has 59 heavy (non-hydrogen) atoms. The van der Waals surface area contributed by atoms with E-state index in [0.29, 0.717) is 0 Å². The monoisotopic (exact) mass is 754 g/mol. The first-order valence-electron chi connectivity index (χ1n) is 20.1. The van der Waals surface area contributed by atoms with Crippen LogP contribution in [0.25, 0.3) is 27.5 Å². The molecular formula is C54H39BN4. The highest BCUT2D eigenvalue weighted by molar-refractivity contribution is 7.00. The van der Waals surface area contributed by atoms with Crippen molar-refractivity contribution < 1.29 is 0 Å². The van der Waals surface area contributed by atoms with Crippen molar-refractivity contribution in [1.29, 1.82) is 0 Å². The van der Waals surface area contributed by atoms with E-state index in [0.717, 1.165) is 56.9 Å².